The van der Waals surface area contributed by atoms with Gasteiger partial charge in [0.05, 0.1) is 6.20 Å². The molecule has 3 rings (SSSR count). The second kappa shape index (κ2) is 3.63. The quantitative estimate of drug-likeness (QED) is 0.645. The molecule has 0 aliphatic heterocycles. The lowest BCUT2D eigenvalue weighted by molar-refractivity contribution is 0.768. The van der Waals surface area contributed by atoms with Crippen molar-refractivity contribution in [1.82, 2.24) is 9.78 Å². The highest BCUT2D eigenvalue weighted by molar-refractivity contribution is 6.02. The van der Waals surface area contributed by atoms with Crippen LogP contribution in [0, 0.1) is 0 Å². The van der Waals surface area contributed by atoms with Crippen molar-refractivity contribution in [2.75, 3.05) is 5.73 Å². The molecular formula is C14H13N3. The van der Waals surface area contributed by atoms with Gasteiger partial charge >= 0.3 is 0 Å². The van der Waals surface area contributed by atoms with E-state index < -0.39 is 0 Å². The van der Waals surface area contributed by atoms with Crippen LogP contribution < -0.4 is 5.73 Å². The molecule has 0 aliphatic rings. The molecule has 84 valence electrons. The molecule has 0 radical (unpaired) electrons. The first-order valence-corrected chi connectivity index (χ1v) is 5.52. The number of nitrogen functional groups attached to an aromatic ring is 1. The zero-order valence-corrected chi connectivity index (χ0v) is 9.59. The molecule has 0 unspecified atom stereocenters. The number of rotatable bonds is 1. The molecule has 0 amide bonds. The van der Waals surface area contributed by atoms with E-state index in [4.69, 9.17) is 5.73 Å². The van der Waals surface area contributed by atoms with E-state index in [-0.39, 0.29) is 0 Å². The molecular weight excluding hydrogens is 210 g/mol. The topological polar surface area (TPSA) is 43.8 Å². The zero-order chi connectivity index (χ0) is 11.8. The van der Waals surface area contributed by atoms with Gasteiger partial charge in [-0.05, 0) is 17.0 Å². The van der Waals surface area contributed by atoms with Gasteiger partial charge in [-0.2, -0.15) is 5.10 Å². The van der Waals surface area contributed by atoms with E-state index in [1.807, 2.05) is 43.7 Å². The fourth-order valence-electron chi connectivity index (χ4n) is 2.15. The zero-order valence-electron chi connectivity index (χ0n) is 9.59. The number of fused-ring (bicyclic) bond motifs is 1. The monoisotopic (exact) mass is 223 g/mol. The van der Waals surface area contributed by atoms with Gasteiger partial charge in [-0.3, -0.25) is 4.68 Å². The van der Waals surface area contributed by atoms with Crippen LogP contribution in [0.5, 0.6) is 0 Å². The lowest BCUT2D eigenvalue weighted by Crippen LogP contribution is -1.87. The smallest absolute Gasteiger partial charge is 0.0568 e. The summed E-state index contributed by atoms with van der Waals surface area (Å²) in [6, 6.07) is 12.2. The van der Waals surface area contributed by atoms with Gasteiger partial charge in [-0.1, -0.05) is 30.3 Å². The molecule has 17 heavy (non-hydrogen) atoms. The highest BCUT2D eigenvalue weighted by Crippen LogP contribution is 2.30. The van der Waals surface area contributed by atoms with Gasteiger partial charge in [0.15, 0.2) is 0 Å². The van der Waals surface area contributed by atoms with E-state index in [0.717, 1.165) is 16.6 Å². The summed E-state index contributed by atoms with van der Waals surface area (Å²) in [5.41, 5.74) is 9.08. The minimum Gasteiger partial charge on any atom is -0.398 e. The molecule has 0 aliphatic carbocycles. The Kier molecular flexibility index (Phi) is 2.11. The minimum absolute atomic E-state index is 0.813. The van der Waals surface area contributed by atoms with Crippen LogP contribution in [0.25, 0.3) is 21.9 Å². The number of nitrogens with zero attached hydrogens (tertiary/aromatic N) is 2. The number of hydrogen-bond donors (Lipinski definition) is 1. The largest absolute Gasteiger partial charge is 0.398 e. The maximum Gasteiger partial charge on any atom is 0.0568 e. The Morgan fingerprint density at radius 1 is 1.06 bits per heavy atom. The van der Waals surface area contributed by atoms with Crippen LogP contribution in [0.2, 0.25) is 0 Å². The third kappa shape index (κ3) is 1.56. The Morgan fingerprint density at radius 2 is 1.82 bits per heavy atom. The molecule has 0 saturated heterocycles. The molecule has 0 spiro atoms. The molecule has 0 saturated carbocycles. The van der Waals surface area contributed by atoms with Crippen molar-refractivity contribution in [3.63, 3.8) is 0 Å². The standard InChI is InChI=1S/C14H13N3/c1-17-9-10(8-16-17)11-4-2-6-13-12(11)5-3-7-14(13)15/h2-9H,15H2,1H3. The summed E-state index contributed by atoms with van der Waals surface area (Å²) >= 11 is 0. The molecule has 0 fully saturated rings. The Morgan fingerprint density at radius 3 is 2.59 bits per heavy atom. The molecule has 3 aromatic rings. The van der Waals surface area contributed by atoms with Crippen LogP contribution in [0.15, 0.2) is 48.8 Å². The second-order valence-corrected chi connectivity index (χ2v) is 4.15. The van der Waals surface area contributed by atoms with E-state index in [9.17, 15) is 0 Å². The molecule has 1 aromatic heterocycles. The van der Waals surface area contributed by atoms with Gasteiger partial charge < -0.3 is 5.73 Å². The first kappa shape index (κ1) is 9.90. The van der Waals surface area contributed by atoms with Crippen LogP contribution in [0.3, 0.4) is 0 Å². The third-order valence-electron chi connectivity index (χ3n) is 2.97. The van der Waals surface area contributed by atoms with E-state index in [0.29, 0.717) is 0 Å². The highest BCUT2D eigenvalue weighted by Gasteiger charge is 2.06. The molecule has 2 N–H and O–H groups in total. The summed E-state index contributed by atoms with van der Waals surface area (Å²) < 4.78 is 1.81. The van der Waals surface area contributed by atoms with Crippen molar-refractivity contribution in [3.05, 3.63) is 48.8 Å². The van der Waals surface area contributed by atoms with Crippen LogP contribution in [0.4, 0.5) is 5.69 Å². The van der Waals surface area contributed by atoms with Gasteiger partial charge in [0.1, 0.15) is 0 Å². The SMILES string of the molecule is Cn1cc(-c2cccc3c(N)cccc23)cn1. The molecule has 3 nitrogen and oxygen atoms in total. The molecule has 1 heterocycles. The Labute approximate surface area is 99.5 Å². The Bertz CT molecular complexity index is 683. The average Bonchev–Trinajstić information content (AvgIpc) is 2.76. The van der Waals surface area contributed by atoms with Crippen molar-refractivity contribution in [2.24, 2.45) is 7.05 Å². The lowest BCUT2D eigenvalue weighted by Gasteiger charge is -2.06. The number of hydrogen-bond acceptors (Lipinski definition) is 2. The molecule has 2 aromatic carbocycles. The van der Waals surface area contributed by atoms with Crippen LogP contribution >= 0.6 is 0 Å². The maximum absolute atomic E-state index is 5.99. The molecule has 0 atom stereocenters. The number of anilines is 1. The van der Waals surface area contributed by atoms with Gasteiger partial charge in [-0.25, -0.2) is 0 Å². The summed E-state index contributed by atoms with van der Waals surface area (Å²) in [6.07, 6.45) is 3.88. The summed E-state index contributed by atoms with van der Waals surface area (Å²) in [6.45, 7) is 0. The highest BCUT2D eigenvalue weighted by atomic mass is 15.2. The average molecular weight is 223 g/mol. The van der Waals surface area contributed by atoms with E-state index in [1.165, 1.54) is 10.9 Å². The van der Waals surface area contributed by atoms with Crippen molar-refractivity contribution in [3.8, 4) is 11.1 Å². The van der Waals surface area contributed by atoms with E-state index in [2.05, 4.69) is 17.2 Å². The summed E-state index contributed by atoms with van der Waals surface area (Å²) in [5, 5.41) is 6.47. The first-order chi connectivity index (χ1) is 8.25. The minimum atomic E-state index is 0.813. The van der Waals surface area contributed by atoms with Crippen molar-refractivity contribution in [1.29, 1.82) is 0 Å². The van der Waals surface area contributed by atoms with Crippen molar-refractivity contribution in [2.45, 2.75) is 0 Å². The van der Waals surface area contributed by atoms with Gasteiger partial charge in [0, 0.05) is 29.9 Å². The first-order valence-electron chi connectivity index (χ1n) is 5.52. The molecule has 0 bridgehead atoms. The summed E-state index contributed by atoms with van der Waals surface area (Å²) in [7, 11) is 1.92. The van der Waals surface area contributed by atoms with Gasteiger partial charge in [0.25, 0.3) is 0 Å². The predicted octanol–water partition coefficient (Wildman–Crippen LogP) is 2.82. The van der Waals surface area contributed by atoms with Crippen LogP contribution in [-0.2, 0) is 7.05 Å². The second-order valence-electron chi connectivity index (χ2n) is 4.15. The fraction of sp³-hybridized carbons (Fsp3) is 0.0714. The normalized spacial score (nSPS) is 10.9. The van der Waals surface area contributed by atoms with E-state index in [1.54, 1.807) is 4.68 Å². The fourth-order valence-corrected chi connectivity index (χ4v) is 2.15. The van der Waals surface area contributed by atoms with Crippen LogP contribution in [0.1, 0.15) is 0 Å². The van der Waals surface area contributed by atoms with Gasteiger partial charge in [0.2, 0.25) is 0 Å². The number of aryl methyl sites for hydroxylation is 1. The predicted molar refractivity (Wildman–Crippen MR) is 70.6 cm³/mol. The van der Waals surface area contributed by atoms with Crippen molar-refractivity contribution < 1.29 is 0 Å². The number of aromatic nitrogens is 2. The summed E-state index contributed by atoms with van der Waals surface area (Å²) in [5.74, 6) is 0. The third-order valence-corrected chi connectivity index (χ3v) is 2.97. The summed E-state index contributed by atoms with van der Waals surface area (Å²) in [4.78, 5) is 0. The van der Waals surface area contributed by atoms with Crippen molar-refractivity contribution >= 4 is 16.5 Å². The maximum atomic E-state index is 5.99. The van der Waals surface area contributed by atoms with E-state index >= 15 is 0 Å². The number of nitrogens with two attached hydrogens (primary N) is 1. The Balaban J connectivity index is 2.34. The number of benzene rings is 2. The van der Waals surface area contributed by atoms with Gasteiger partial charge in [-0.15, -0.1) is 0 Å². The Hall–Kier alpha value is -2.29. The molecule has 3 heteroatoms. The van der Waals surface area contributed by atoms with Crippen LogP contribution in [-0.4, -0.2) is 9.78 Å². The lowest BCUT2D eigenvalue weighted by atomic mass is 10.00.